The third-order valence-electron chi connectivity index (χ3n) is 3.25. The van der Waals surface area contributed by atoms with Crippen LogP contribution < -0.4 is 4.74 Å². The van der Waals surface area contributed by atoms with E-state index in [0.29, 0.717) is 10.7 Å². The molecule has 0 saturated heterocycles. The van der Waals surface area contributed by atoms with Gasteiger partial charge in [-0.1, -0.05) is 23.9 Å². The summed E-state index contributed by atoms with van der Waals surface area (Å²) in [6.45, 7) is 0. The Bertz CT molecular complexity index is 836. The number of hydrogen-bond donors (Lipinski definition) is 1. The summed E-state index contributed by atoms with van der Waals surface area (Å²) in [4.78, 5) is 4.48. The van der Waals surface area contributed by atoms with E-state index >= 15 is 0 Å². The lowest BCUT2D eigenvalue weighted by Crippen LogP contribution is -1.84. The van der Waals surface area contributed by atoms with Gasteiger partial charge >= 0.3 is 0 Å². The number of ether oxygens (including phenoxy) is 1. The van der Waals surface area contributed by atoms with Crippen LogP contribution in [0.5, 0.6) is 5.75 Å². The van der Waals surface area contributed by atoms with E-state index in [1.54, 1.807) is 13.2 Å². The van der Waals surface area contributed by atoms with Crippen molar-refractivity contribution in [1.82, 2.24) is 15.2 Å². The van der Waals surface area contributed by atoms with Crippen LogP contribution >= 0.6 is 11.8 Å². The molecule has 3 aromatic rings. The molecule has 1 heterocycles. The lowest BCUT2D eigenvalue weighted by molar-refractivity contribution is 0.415. The minimum Gasteiger partial charge on any atom is -0.497 e. The third-order valence-corrected chi connectivity index (χ3v) is 4.17. The van der Waals surface area contributed by atoms with Crippen molar-refractivity contribution in [3.63, 3.8) is 0 Å². The zero-order valence-electron chi connectivity index (χ0n) is 12.5. The van der Waals surface area contributed by atoms with Gasteiger partial charge < -0.3 is 4.74 Å². The molecule has 0 radical (unpaired) electrons. The molecule has 5 nitrogen and oxygen atoms in total. The molecule has 0 aliphatic rings. The Labute approximate surface area is 138 Å². The van der Waals surface area contributed by atoms with Crippen LogP contribution in [0.1, 0.15) is 11.1 Å². The first-order chi connectivity index (χ1) is 11.3. The molecule has 0 unspecified atom stereocenters. The Hall–Kier alpha value is -2.78. The van der Waals surface area contributed by atoms with Crippen LogP contribution in [0.15, 0.2) is 53.7 Å². The second-order valence-electron chi connectivity index (χ2n) is 4.80. The topological polar surface area (TPSA) is 74.6 Å². The molecule has 114 valence electrons. The van der Waals surface area contributed by atoms with Gasteiger partial charge in [0.2, 0.25) is 5.16 Å². The number of methoxy groups -OCH3 is 1. The van der Waals surface area contributed by atoms with E-state index in [4.69, 9.17) is 10.00 Å². The first-order valence-corrected chi connectivity index (χ1v) is 7.96. The van der Waals surface area contributed by atoms with E-state index in [0.717, 1.165) is 28.5 Å². The summed E-state index contributed by atoms with van der Waals surface area (Å²) in [6, 6.07) is 17.3. The number of aromatic amines is 1. The molecule has 3 rings (SSSR count). The first-order valence-electron chi connectivity index (χ1n) is 6.97. The van der Waals surface area contributed by atoms with E-state index in [1.165, 1.54) is 11.8 Å². The van der Waals surface area contributed by atoms with Crippen molar-refractivity contribution in [2.75, 3.05) is 7.11 Å². The lowest BCUT2D eigenvalue weighted by Gasteiger charge is -2.00. The fraction of sp³-hybridized carbons (Fsp3) is 0.118. The van der Waals surface area contributed by atoms with Gasteiger partial charge in [-0.15, -0.1) is 5.10 Å². The van der Waals surface area contributed by atoms with Crippen LogP contribution in [-0.2, 0) is 5.75 Å². The number of nitrogens with one attached hydrogen (secondary N) is 1. The summed E-state index contributed by atoms with van der Waals surface area (Å²) in [6.07, 6.45) is 0. The van der Waals surface area contributed by atoms with Gasteiger partial charge in [0.1, 0.15) is 5.75 Å². The maximum absolute atomic E-state index is 8.92. The molecule has 0 spiro atoms. The van der Waals surface area contributed by atoms with Crippen molar-refractivity contribution in [3.8, 4) is 23.2 Å². The number of thioether (sulfide) groups is 1. The van der Waals surface area contributed by atoms with Crippen molar-refractivity contribution in [3.05, 3.63) is 59.7 Å². The minimum absolute atomic E-state index is 0.664. The highest BCUT2D eigenvalue weighted by atomic mass is 32.2. The summed E-state index contributed by atoms with van der Waals surface area (Å²) in [7, 11) is 1.64. The monoisotopic (exact) mass is 322 g/mol. The van der Waals surface area contributed by atoms with Crippen LogP contribution in [0.4, 0.5) is 0 Å². The van der Waals surface area contributed by atoms with Crippen molar-refractivity contribution >= 4 is 11.8 Å². The summed E-state index contributed by atoms with van der Waals surface area (Å²) in [5.41, 5.74) is 2.69. The Kier molecular flexibility index (Phi) is 4.60. The number of aromatic nitrogens is 3. The smallest absolute Gasteiger partial charge is 0.209 e. The molecular weight excluding hydrogens is 308 g/mol. The Morgan fingerprint density at radius 1 is 1.22 bits per heavy atom. The van der Waals surface area contributed by atoms with Gasteiger partial charge in [-0.3, -0.25) is 5.10 Å². The summed E-state index contributed by atoms with van der Waals surface area (Å²) in [5.74, 6) is 2.25. The van der Waals surface area contributed by atoms with Crippen LogP contribution in [0.2, 0.25) is 0 Å². The average molecular weight is 322 g/mol. The second-order valence-corrected chi connectivity index (χ2v) is 5.74. The van der Waals surface area contributed by atoms with Crippen molar-refractivity contribution in [2.45, 2.75) is 10.9 Å². The zero-order valence-corrected chi connectivity index (χ0v) is 13.3. The molecule has 0 aliphatic heterocycles. The second kappa shape index (κ2) is 6.99. The molecular formula is C17H14N4OS. The molecule has 6 heteroatoms. The maximum Gasteiger partial charge on any atom is 0.209 e. The van der Waals surface area contributed by atoms with Gasteiger partial charge in [0, 0.05) is 11.3 Å². The molecule has 1 aromatic heterocycles. The van der Waals surface area contributed by atoms with Crippen LogP contribution in [0.3, 0.4) is 0 Å². The highest BCUT2D eigenvalue weighted by molar-refractivity contribution is 7.98. The number of nitrogens with zero attached hydrogens (tertiary/aromatic N) is 3. The predicted molar refractivity (Wildman–Crippen MR) is 89.1 cm³/mol. The lowest BCUT2D eigenvalue weighted by atomic mass is 10.2. The minimum atomic E-state index is 0.664. The molecule has 0 atom stereocenters. The van der Waals surface area contributed by atoms with Crippen molar-refractivity contribution < 1.29 is 4.74 Å². The molecule has 1 N–H and O–H groups in total. The van der Waals surface area contributed by atoms with E-state index < -0.39 is 0 Å². The first kappa shape index (κ1) is 15.1. The number of H-pyrrole nitrogens is 1. The van der Waals surface area contributed by atoms with Crippen molar-refractivity contribution in [1.29, 1.82) is 5.26 Å². The van der Waals surface area contributed by atoms with Gasteiger partial charge in [0.05, 0.1) is 18.7 Å². The zero-order chi connectivity index (χ0) is 16.1. The fourth-order valence-electron chi connectivity index (χ4n) is 2.07. The summed E-state index contributed by atoms with van der Waals surface area (Å²) >= 11 is 1.53. The largest absolute Gasteiger partial charge is 0.497 e. The van der Waals surface area contributed by atoms with Gasteiger partial charge in [0.25, 0.3) is 0 Å². The number of benzene rings is 2. The molecule has 0 fully saturated rings. The summed E-state index contributed by atoms with van der Waals surface area (Å²) in [5, 5.41) is 16.8. The SMILES string of the molecule is COc1ccc(-c2nc(SCc3cccc(C#N)c3)n[nH]2)cc1. The van der Waals surface area contributed by atoms with Gasteiger partial charge in [0.15, 0.2) is 5.82 Å². The molecule has 0 aliphatic carbocycles. The van der Waals surface area contributed by atoms with Crippen molar-refractivity contribution in [2.24, 2.45) is 0 Å². The van der Waals surface area contributed by atoms with E-state index in [1.807, 2.05) is 42.5 Å². The molecule has 2 aromatic carbocycles. The fourth-order valence-corrected chi connectivity index (χ4v) is 2.81. The number of rotatable bonds is 5. The van der Waals surface area contributed by atoms with E-state index in [9.17, 15) is 0 Å². The number of hydrogen-bond acceptors (Lipinski definition) is 5. The normalized spacial score (nSPS) is 10.3. The van der Waals surface area contributed by atoms with Gasteiger partial charge in [-0.25, -0.2) is 4.98 Å². The number of nitriles is 1. The standard InChI is InChI=1S/C17H14N4OS/c1-22-15-7-5-14(6-8-15)16-19-17(21-20-16)23-11-13-4-2-3-12(9-13)10-18/h2-9H,11H2,1H3,(H,19,20,21). The summed E-state index contributed by atoms with van der Waals surface area (Å²) < 4.78 is 5.14. The third kappa shape index (κ3) is 3.71. The quantitative estimate of drug-likeness (QED) is 0.726. The average Bonchev–Trinajstić information content (AvgIpc) is 3.09. The van der Waals surface area contributed by atoms with E-state index in [-0.39, 0.29) is 0 Å². The van der Waals surface area contributed by atoms with Crippen LogP contribution in [-0.4, -0.2) is 22.3 Å². The molecule has 0 bridgehead atoms. The highest BCUT2D eigenvalue weighted by Gasteiger charge is 2.07. The van der Waals surface area contributed by atoms with Crippen LogP contribution in [0.25, 0.3) is 11.4 Å². The Morgan fingerprint density at radius 3 is 2.78 bits per heavy atom. The van der Waals surface area contributed by atoms with E-state index in [2.05, 4.69) is 21.3 Å². The Morgan fingerprint density at radius 2 is 2.04 bits per heavy atom. The van der Waals surface area contributed by atoms with Crippen LogP contribution in [0, 0.1) is 11.3 Å². The maximum atomic E-state index is 8.92. The van der Waals surface area contributed by atoms with Gasteiger partial charge in [-0.05, 0) is 42.0 Å². The molecule has 0 saturated carbocycles. The molecule has 0 amide bonds. The predicted octanol–water partition coefficient (Wildman–Crippen LogP) is 3.64. The Balaban J connectivity index is 1.68. The highest BCUT2D eigenvalue weighted by Crippen LogP contribution is 2.24. The van der Waals surface area contributed by atoms with Gasteiger partial charge in [-0.2, -0.15) is 5.26 Å². The molecule has 23 heavy (non-hydrogen) atoms.